The molecule has 1 aromatic rings. The van der Waals surface area contributed by atoms with Crippen molar-refractivity contribution in [3.8, 4) is 0 Å². The van der Waals surface area contributed by atoms with E-state index in [1.54, 1.807) is 0 Å². The summed E-state index contributed by atoms with van der Waals surface area (Å²) in [5.41, 5.74) is 0. The van der Waals surface area contributed by atoms with Crippen LogP contribution in [-0.4, -0.2) is 30.9 Å². The summed E-state index contributed by atoms with van der Waals surface area (Å²) in [5, 5.41) is 6.96. The average Bonchev–Trinajstić information content (AvgIpc) is 2.33. The van der Waals surface area contributed by atoms with Crippen LogP contribution in [0.4, 0.5) is 0 Å². The highest BCUT2D eigenvalue weighted by Gasteiger charge is 2.01. The molecule has 3 heteroatoms. The fraction of sp³-hybridized carbons (Fsp3) is 0.571. The van der Waals surface area contributed by atoms with Gasteiger partial charge in [0.1, 0.15) is 0 Å². The summed E-state index contributed by atoms with van der Waals surface area (Å²) in [6.45, 7) is 8.67. The monoisotopic (exact) mass is 252 g/mol. The van der Waals surface area contributed by atoms with E-state index in [2.05, 4.69) is 61.7 Å². The molecule has 1 rings (SSSR count). The third-order valence-corrected chi connectivity index (χ3v) is 3.45. The van der Waals surface area contributed by atoms with Gasteiger partial charge in [0.25, 0.3) is 0 Å². The molecule has 0 aromatic heterocycles. The van der Waals surface area contributed by atoms with Crippen LogP contribution in [0.3, 0.4) is 0 Å². The Balaban J connectivity index is 2.04. The van der Waals surface area contributed by atoms with Crippen molar-refractivity contribution in [3.05, 3.63) is 30.3 Å². The summed E-state index contributed by atoms with van der Waals surface area (Å²) in [4.78, 5) is 1.35. The molecule has 0 saturated heterocycles. The number of hydrogen-bond donors (Lipinski definition) is 2. The van der Waals surface area contributed by atoms with Gasteiger partial charge >= 0.3 is 0 Å². The van der Waals surface area contributed by atoms with Gasteiger partial charge in [0.15, 0.2) is 0 Å². The van der Waals surface area contributed by atoms with E-state index in [1.807, 2.05) is 11.8 Å². The Morgan fingerprint density at radius 1 is 1.06 bits per heavy atom. The molecule has 0 aliphatic heterocycles. The predicted molar refractivity (Wildman–Crippen MR) is 77.8 cm³/mol. The summed E-state index contributed by atoms with van der Waals surface area (Å²) >= 11 is 1.90. The molecule has 0 aliphatic carbocycles. The first-order chi connectivity index (χ1) is 8.18. The van der Waals surface area contributed by atoms with E-state index in [0.29, 0.717) is 12.1 Å². The van der Waals surface area contributed by atoms with Crippen molar-refractivity contribution in [2.75, 3.05) is 18.8 Å². The van der Waals surface area contributed by atoms with Gasteiger partial charge in [-0.15, -0.1) is 11.8 Å². The second-order valence-corrected chi connectivity index (χ2v) is 5.75. The Morgan fingerprint density at radius 3 is 2.41 bits per heavy atom. The van der Waals surface area contributed by atoms with Gasteiger partial charge in [-0.1, -0.05) is 32.0 Å². The lowest BCUT2D eigenvalue weighted by Crippen LogP contribution is -2.39. The lowest BCUT2D eigenvalue weighted by Gasteiger charge is -2.16. The first-order valence-corrected chi connectivity index (χ1v) is 7.31. The highest BCUT2D eigenvalue weighted by Crippen LogP contribution is 2.15. The number of thioether (sulfide) groups is 1. The number of nitrogens with one attached hydrogen (secondary N) is 2. The topological polar surface area (TPSA) is 24.1 Å². The van der Waals surface area contributed by atoms with Gasteiger partial charge in [0.05, 0.1) is 0 Å². The van der Waals surface area contributed by atoms with Crippen LogP contribution in [-0.2, 0) is 0 Å². The zero-order chi connectivity index (χ0) is 12.5. The first-order valence-electron chi connectivity index (χ1n) is 6.33. The van der Waals surface area contributed by atoms with Crippen molar-refractivity contribution in [2.24, 2.45) is 0 Å². The van der Waals surface area contributed by atoms with Crippen LogP contribution in [0.15, 0.2) is 35.2 Å². The minimum Gasteiger partial charge on any atom is -0.313 e. The van der Waals surface area contributed by atoms with Gasteiger partial charge in [-0.25, -0.2) is 0 Å². The smallest absolute Gasteiger partial charge is 0.0164 e. The van der Waals surface area contributed by atoms with E-state index in [1.165, 1.54) is 4.90 Å². The summed E-state index contributed by atoms with van der Waals surface area (Å²) < 4.78 is 0. The molecular weight excluding hydrogens is 228 g/mol. The van der Waals surface area contributed by atoms with E-state index in [9.17, 15) is 0 Å². The Labute approximate surface area is 110 Å². The second-order valence-electron chi connectivity index (χ2n) is 4.58. The summed E-state index contributed by atoms with van der Waals surface area (Å²) in [7, 11) is 0. The van der Waals surface area contributed by atoms with Crippen LogP contribution in [0.5, 0.6) is 0 Å². The SMILES string of the molecule is CC(C)NCC(C)NCCSc1ccccc1. The molecule has 0 amide bonds. The summed E-state index contributed by atoms with van der Waals surface area (Å²) in [5.74, 6) is 1.12. The normalized spacial score (nSPS) is 12.9. The molecule has 2 N–H and O–H groups in total. The molecule has 2 nitrogen and oxygen atoms in total. The van der Waals surface area contributed by atoms with E-state index in [4.69, 9.17) is 0 Å². The zero-order valence-electron chi connectivity index (χ0n) is 11.1. The van der Waals surface area contributed by atoms with Gasteiger partial charge in [-0.3, -0.25) is 0 Å². The molecule has 0 aliphatic rings. The minimum atomic E-state index is 0.536. The van der Waals surface area contributed by atoms with Crippen molar-refractivity contribution in [3.63, 3.8) is 0 Å². The van der Waals surface area contributed by atoms with Crippen LogP contribution in [0.1, 0.15) is 20.8 Å². The van der Waals surface area contributed by atoms with Gasteiger partial charge in [-0.05, 0) is 19.1 Å². The Kier molecular flexibility index (Phi) is 7.33. The third kappa shape index (κ3) is 7.42. The minimum absolute atomic E-state index is 0.536. The quantitative estimate of drug-likeness (QED) is 0.549. The van der Waals surface area contributed by atoms with Crippen molar-refractivity contribution >= 4 is 11.8 Å². The fourth-order valence-electron chi connectivity index (χ4n) is 1.48. The molecule has 0 spiro atoms. The first kappa shape index (κ1) is 14.6. The molecular formula is C14H24N2S. The van der Waals surface area contributed by atoms with E-state index in [0.717, 1.165) is 18.8 Å². The van der Waals surface area contributed by atoms with Crippen molar-refractivity contribution in [2.45, 2.75) is 37.8 Å². The maximum Gasteiger partial charge on any atom is 0.0164 e. The average molecular weight is 252 g/mol. The molecule has 1 atom stereocenters. The molecule has 1 unspecified atom stereocenters. The largest absolute Gasteiger partial charge is 0.313 e. The molecule has 96 valence electrons. The maximum atomic E-state index is 3.52. The molecule has 17 heavy (non-hydrogen) atoms. The molecule has 0 radical (unpaired) electrons. The van der Waals surface area contributed by atoms with Crippen LogP contribution in [0.25, 0.3) is 0 Å². The number of benzene rings is 1. The van der Waals surface area contributed by atoms with E-state index in [-0.39, 0.29) is 0 Å². The third-order valence-electron chi connectivity index (χ3n) is 2.44. The lowest BCUT2D eigenvalue weighted by atomic mass is 10.3. The van der Waals surface area contributed by atoms with Gasteiger partial charge < -0.3 is 10.6 Å². The second kappa shape index (κ2) is 8.56. The van der Waals surface area contributed by atoms with Crippen LogP contribution in [0.2, 0.25) is 0 Å². The highest BCUT2D eigenvalue weighted by molar-refractivity contribution is 7.99. The van der Waals surface area contributed by atoms with Crippen LogP contribution >= 0.6 is 11.8 Å². The molecule has 1 aromatic carbocycles. The maximum absolute atomic E-state index is 3.52. The Hall–Kier alpha value is -0.510. The van der Waals surface area contributed by atoms with Crippen molar-refractivity contribution < 1.29 is 0 Å². The van der Waals surface area contributed by atoms with Crippen molar-refractivity contribution in [1.82, 2.24) is 10.6 Å². The van der Waals surface area contributed by atoms with Crippen LogP contribution in [0, 0.1) is 0 Å². The zero-order valence-corrected chi connectivity index (χ0v) is 11.9. The van der Waals surface area contributed by atoms with Gasteiger partial charge in [-0.2, -0.15) is 0 Å². The standard InChI is InChI=1S/C14H24N2S/c1-12(2)16-11-13(3)15-9-10-17-14-7-5-4-6-8-14/h4-8,12-13,15-16H,9-11H2,1-3H3. The molecule has 0 fully saturated rings. The highest BCUT2D eigenvalue weighted by atomic mass is 32.2. The Bertz CT molecular complexity index is 288. The summed E-state index contributed by atoms with van der Waals surface area (Å²) in [6, 6.07) is 11.7. The fourth-order valence-corrected chi connectivity index (χ4v) is 2.28. The van der Waals surface area contributed by atoms with Gasteiger partial charge in [0, 0.05) is 35.8 Å². The Morgan fingerprint density at radius 2 is 1.76 bits per heavy atom. The summed E-state index contributed by atoms with van der Waals surface area (Å²) in [6.07, 6.45) is 0. The van der Waals surface area contributed by atoms with E-state index < -0.39 is 0 Å². The van der Waals surface area contributed by atoms with E-state index >= 15 is 0 Å². The molecule has 0 saturated carbocycles. The number of hydrogen-bond acceptors (Lipinski definition) is 3. The molecule has 0 bridgehead atoms. The molecule has 0 heterocycles. The predicted octanol–water partition coefficient (Wildman–Crippen LogP) is 2.75. The van der Waals surface area contributed by atoms with Crippen molar-refractivity contribution in [1.29, 1.82) is 0 Å². The number of rotatable bonds is 8. The van der Waals surface area contributed by atoms with Gasteiger partial charge in [0.2, 0.25) is 0 Å². The lowest BCUT2D eigenvalue weighted by molar-refractivity contribution is 0.485. The van der Waals surface area contributed by atoms with Crippen LogP contribution < -0.4 is 10.6 Å².